The number of benzene rings is 1. The molecule has 0 aliphatic rings. The first-order valence-electron chi connectivity index (χ1n) is 8.86. The summed E-state index contributed by atoms with van der Waals surface area (Å²) >= 11 is 0. The van der Waals surface area contributed by atoms with Crippen LogP contribution in [-0.2, 0) is 30.3 Å². The van der Waals surface area contributed by atoms with E-state index in [1.54, 1.807) is 13.0 Å². The van der Waals surface area contributed by atoms with Crippen molar-refractivity contribution >= 4 is 23.8 Å². The lowest BCUT2D eigenvalue weighted by Crippen LogP contribution is -2.52. The van der Waals surface area contributed by atoms with E-state index in [1.165, 1.54) is 32.0 Å². The maximum atomic E-state index is 13.9. The number of carboxylic acids is 1. The van der Waals surface area contributed by atoms with Gasteiger partial charge in [-0.1, -0.05) is 25.1 Å². The summed E-state index contributed by atoms with van der Waals surface area (Å²) < 4.78 is 18.7. The van der Waals surface area contributed by atoms with E-state index in [4.69, 9.17) is 4.74 Å². The molecular formula is C19H25FN2O6. The number of rotatable bonds is 10. The Morgan fingerprint density at radius 1 is 1.14 bits per heavy atom. The van der Waals surface area contributed by atoms with Gasteiger partial charge >= 0.3 is 11.9 Å². The molecule has 0 spiro atoms. The molecule has 28 heavy (non-hydrogen) atoms. The largest absolute Gasteiger partial charge is 0.480 e. The first kappa shape index (κ1) is 23.1. The molecular weight excluding hydrogens is 371 g/mol. The minimum Gasteiger partial charge on any atom is -0.480 e. The molecule has 1 aromatic rings. The standard InChI is InChI=1S/C19H25FN2O6/c1-4-28-19(27)11(2)9-16(18(25)26)22-17(24)15(21-12(3)23)10-13-7-5-6-8-14(13)20/h5-8,11,15-16H,4,9-10H2,1-3H3,(H,21,23)(H,22,24)(H,25,26)/t11-,15-,16-/m1/s1. The monoisotopic (exact) mass is 396 g/mol. The van der Waals surface area contributed by atoms with Gasteiger partial charge in [-0.25, -0.2) is 9.18 Å². The average Bonchev–Trinajstić information content (AvgIpc) is 2.61. The summed E-state index contributed by atoms with van der Waals surface area (Å²) in [4.78, 5) is 47.2. The van der Waals surface area contributed by atoms with Gasteiger partial charge in [0, 0.05) is 13.3 Å². The smallest absolute Gasteiger partial charge is 0.326 e. The quantitative estimate of drug-likeness (QED) is 0.508. The van der Waals surface area contributed by atoms with Crippen LogP contribution < -0.4 is 10.6 Å². The number of carbonyl (C=O) groups excluding carboxylic acids is 3. The third-order valence-corrected chi connectivity index (χ3v) is 3.97. The SMILES string of the molecule is CCOC(=O)[C@H](C)C[C@@H](NC(=O)[C@@H](Cc1ccccc1F)NC(C)=O)C(=O)O. The Bertz CT molecular complexity index is 724. The van der Waals surface area contributed by atoms with E-state index >= 15 is 0 Å². The lowest BCUT2D eigenvalue weighted by Gasteiger charge is -2.22. The lowest BCUT2D eigenvalue weighted by atomic mass is 10.00. The van der Waals surface area contributed by atoms with Gasteiger partial charge in [0.2, 0.25) is 11.8 Å². The minimum absolute atomic E-state index is 0.153. The molecule has 3 atom stereocenters. The van der Waals surface area contributed by atoms with Crippen LogP contribution in [0.4, 0.5) is 4.39 Å². The molecule has 0 aliphatic carbocycles. The molecule has 2 amide bonds. The third kappa shape index (κ3) is 7.34. The normalized spacial score (nSPS) is 13.7. The van der Waals surface area contributed by atoms with Crippen LogP contribution in [-0.4, -0.2) is 47.6 Å². The van der Waals surface area contributed by atoms with Crippen LogP contribution in [0.5, 0.6) is 0 Å². The number of esters is 1. The fourth-order valence-corrected chi connectivity index (χ4v) is 2.57. The summed E-state index contributed by atoms with van der Waals surface area (Å²) in [5, 5.41) is 14.1. The summed E-state index contributed by atoms with van der Waals surface area (Å²) in [5.41, 5.74) is 0.197. The van der Waals surface area contributed by atoms with Gasteiger partial charge in [0.25, 0.3) is 0 Å². The van der Waals surface area contributed by atoms with Crippen LogP contribution in [0.15, 0.2) is 24.3 Å². The fraction of sp³-hybridized carbons (Fsp3) is 0.474. The Labute approximate surface area is 162 Å². The maximum Gasteiger partial charge on any atom is 0.326 e. The Balaban J connectivity index is 2.90. The predicted octanol–water partition coefficient (Wildman–Crippen LogP) is 1.03. The molecule has 1 rings (SSSR count). The molecule has 0 saturated heterocycles. The van der Waals surface area contributed by atoms with Gasteiger partial charge < -0.3 is 20.5 Å². The van der Waals surface area contributed by atoms with E-state index in [1.807, 2.05) is 0 Å². The van der Waals surface area contributed by atoms with Crippen LogP contribution in [0, 0.1) is 11.7 Å². The van der Waals surface area contributed by atoms with Crippen molar-refractivity contribution in [1.29, 1.82) is 0 Å². The van der Waals surface area contributed by atoms with Gasteiger partial charge in [-0.15, -0.1) is 0 Å². The third-order valence-electron chi connectivity index (χ3n) is 3.97. The molecule has 0 aliphatic heterocycles. The summed E-state index contributed by atoms with van der Waals surface area (Å²) in [6.45, 7) is 4.46. The maximum absolute atomic E-state index is 13.9. The lowest BCUT2D eigenvalue weighted by molar-refractivity contribution is -0.149. The highest BCUT2D eigenvalue weighted by molar-refractivity contribution is 5.90. The van der Waals surface area contributed by atoms with Crippen molar-refractivity contribution in [2.24, 2.45) is 5.92 Å². The molecule has 0 bridgehead atoms. The minimum atomic E-state index is -1.37. The number of hydrogen-bond acceptors (Lipinski definition) is 5. The van der Waals surface area contributed by atoms with Crippen LogP contribution in [0.25, 0.3) is 0 Å². The molecule has 0 fully saturated rings. The summed E-state index contributed by atoms with van der Waals surface area (Å²) in [7, 11) is 0. The molecule has 8 nitrogen and oxygen atoms in total. The van der Waals surface area contributed by atoms with Crippen LogP contribution in [0.3, 0.4) is 0 Å². The molecule has 3 N–H and O–H groups in total. The van der Waals surface area contributed by atoms with Crippen molar-refractivity contribution in [3.63, 3.8) is 0 Å². The Morgan fingerprint density at radius 3 is 2.32 bits per heavy atom. The number of nitrogens with one attached hydrogen (secondary N) is 2. The Morgan fingerprint density at radius 2 is 1.79 bits per heavy atom. The second-order valence-corrected chi connectivity index (χ2v) is 6.34. The van der Waals surface area contributed by atoms with Crippen molar-refractivity contribution < 1.29 is 33.4 Å². The number of hydrogen-bond donors (Lipinski definition) is 3. The number of carbonyl (C=O) groups is 4. The number of aliphatic carboxylic acids is 1. The summed E-state index contributed by atoms with van der Waals surface area (Å²) in [6.07, 6.45) is -0.343. The predicted molar refractivity (Wildman–Crippen MR) is 97.7 cm³/mol. The Hall–Kier alpha value is -2.97. The number of carboxylic acid groups (broad SMARTS) is 1. The average molecular weight is 396 g/mol. The molecule has 0 saturated carbocycles. The van der Waals surface area contributed by atoms with Crippen LogP contribution in [0.1, 0.15) is 32.8 Å². The number of ether oxygens (including phenoxy) is 1. The second kappa shape index (κ2) is 11.0. The van der Waals surface area contributed by atoms with E-state index in [2.05, 4.69) is 10.6 Å². The topological polar surface area (TPSA) is 122 Å². The van der Waals surface area contributed by atoms with Crippen molar-refractivity contribution in [1.82, 2.24) is 10.6 Å². The highest BCUT2D eigenvalue weighted by Crippen LogP contribution is 2.12. The highest BCUT2D eigenvalue weighted by atomic mass is 19.1. The number of halogens is 1. The van der Waals surface area contributed by atoms with Crippen molar-refractivity contribution in [2.45, 2.75) is 45.7 Å². The summed E-state index contributed by atoms with van der Waals surface area (Å²) in [5.74, 6) is -4.53. The molecule has 154 valence electrons. The van der Waals surface area contributed by atoms with Gasteiger partial charge in [-0.3, -0.25) is 14.4 Å². The van der Waals surface area contributed by atoms with E-state index in [0.717, 1.165) is 0 Å². The Kier molecular flexibility index (Phi) is 9.07. The van der Waals surface area contributed by atoms with Crippen LogP contribution >= 0.6 is 0 Å². The van der Waals surface area contributed by atoms with Gasteiger partial charge in [0.15, 0.2) is 0 Å². The zero-order valence-electron chi connectivity index (χ0n) is 16.0. The molecule has 9 heteroatoms. The molecule has 1 aromatic carbocycles. The second-order valence-electron chi connectivity index (χ2n) is 6.34. The zero-order chi connectivity index (χ0) is 21.3. The van der Waals surface area contributed by atoms with Gasteiger partial charge in [-0.05, 0) is 25.0 Å². The highest BCUT2D eigenvalue weighted by Gasteiger charge is 2.30. The molecule has 0 radical (unpaired) electrons. The molecule has 0 heterocycles. The van der Waals surface area contributed by atoms with Crippen molar-refractivity contribution in [3.8, 4) is 0 Å². The van der Waals surface area contributed by atoms with E-state index < -0.39 is 47.6 Å². The van der Waals surface area contributed by atoms with E-state index in [0.29, 0.717) is 0 Å². The first-order chi connectivity index (χ1) is 13.1. The van der Waals surface area contributed by atoms with Crippen LogP contribution in [0.2, 0.25) is 0 Å². The molecule has 0 aromatic heterocycles. The van der Waals surface area contributed by atoms with Gasteiger partial charge in [0.1, 0.15) is 17.9 Å². The van der Waals surface area contributed by atoms with Crippen molar-refractivity contribution in [2.75, 3.05) is 6.61 Å². The summed E-state index contributed by atoms with van der Waals surface area (Å²) in [6, 6.07) is 3.22. The molecule has 0 unspecified atom stereocenters. The zero-order valence-corrected chi connectivity index (χ0v) is 16.0. The van der Waals surface area contributed by atoms with E-state index in [9.17, 15) is 28.7 Å². The number of amides is 2. The fourth-order valence-electron chi connectivity index (χ4n) is 2.57. The van der Waals surface area contributed by atoms with Gasteiger partial charge in [0.05, 0.1) is 12.5 Å². The van der Waals surface area contributed by atoms with E-state index in [-0.39, 0.29) is 25.0 Å². The van der Waals surface area contributed by atoms with Crippen molar-refractivity contribution in [3.05, 3.63) is 35.6 Å². The van der Waals surface area contributed by atoms with Gasteiger partial charge in [-0.2, -0.15) is 0 Å². The first-order valence-corrected chi connectivity index (χ1v) is 8.86.